The minimum Gasteiger partial charge on any atom is -0.316 e. The van der Waals surface area contributed by atoms with Crippen molar-refractivity contribution in [1.82, 2.24) is 5.32 Å². The molecule has 0 aliphatic heterocycles. The fourth-order valence-electron chi connectivity index (χ4n) is 0.636. The second-order valence-electron chi connectivity index (χ2n) is 2.24. The van der Waals surface area contributed by atoms with E-state index in [-0.39, 0.29) is 5.83 Å². The minimum atomic E-state index is -0.148. The molecule has 0 aromatic rings. The molecule has 0 aromatic heterocycles. The first-order chi connectivity index (χ1) is 4.66. The SMILES string of the molecule is CNC/C=C(C)\C=C(/C)F. The van der Waals surface area contributed by atoms with Crippen LogP contribution in [0.5, 0.6) is 0 Å². The molecule has 0 heterocycles. The van der Waals surface area contributed by atoms with Crippen molar-refractivity contribution in [3.63, 3.8) is 0 Å². The summed E-state index contributed by atoms with van der Waals surface area (Å²) in [7, 11) is 1.86. The molecule has 0 aliphatic rings. The summed E-state index contributed by atoms with van der Waals surface area (Å²) >= 11 is 0. The van der Waals surface area contributed by atoms with Gasteiger partial charge < -0.3 is 5.32 Å². The highest BCUT2D eigenvalue weighted by molar-refractivity contribution is 5.17. The monoisotopic (exact) mass is 143 g/mol. The predicted octanol–water partition coefficient (Wildman–Crippen LogP) is 2.03. The van der Waals surface area contributed by atoms with Gasteiger partial charge in [0.25, 0.3) is 0 Å². The lowest BCUT2D eigenvalue weighted by atomic mass is 10.2. The third-order valence-corrected chi connectivity index (χ3v) is 1.05. The zero-order valence-electron chi connectivity index (χ0n) is 6.74. The molecule has 2 heteroatoms. The molecule has 1 nitrogen and oxygen atoms in total. The van der Waals surface area contributed by atoms with Gasteiger partial charge >= 0.3 is 0 Å². The molecule has 1 N–H and O–H groups in total. The number of halogens is 1. The summed E-state index contributed by atoms with van der Waals surface area (Å²) in [6, 6.07) is 0. The Morgan fingerprint density at radius 1 is 1.50 bits per heavy atom. The van der Waals surface area contributed by atoms with Gasteiger partial charge in [-0.2, -0.15) is 0 Å². The van der Waals surface area contributed by atoms with E-state index in [1.165, 1.54) is 13.0 Å². The standard InChI is InChI=1S/C8H14FN/c1-7(4-5-10-3)6-8(2)9/h4,6,10H,5H2,1-3H3/b7-4-,8-6+. The summed E-state index contributed by atoms with van der Waals surface area (Å²) in [5, 5.41) is 2.94. The van der Waals surface area contributed by atoms with Gasteiger partial charge in [0, 0.05) is 6.54 Å². The number of hydrogen-bond acceptors (Lipinski definition) is 1. The number of allylic oxidation sites excluding steroid dienone is 3. The molecular weight excluding hydrogens is 129 g/mol. The van der Waals surface area contributed by atoms with Crippen molar-refractivity contribution >= 4 is 0 Å². The van der Waals surface area contributed by atoms with Crippen molar-refractivity contribution in [2.45, 2.75) is 13.8 Å². The van der Waals surface area contributed by atoms with Gasteiger partial charge in [0.2, 0.25) is 0 Å². The molecule has 0 radical (unpaired) electrons. The molecule has 0 saturated carbocycles. The molecule has 0 fully saturated rings. The molecule has 0 spiro atoms. The van der Waals surface area contributed by atoms with Gasteiger partial charge in [-0.05, 0) is 27.0 Å². The van der Waals surface area contributed by atoms with E-state index in [1.54, 1.807) is 0 Å². The Labute approximate surface area is 61.6 Å². The molecule has 0 rings (SSSR count). The normalized spacial score (nSPS) is 14.0. The van der Waals surface area contributed by atoms with Gasteiger partial charge in [-0.15, -0.1) is 0 Å². The molecule has 0 aliphatic carbocycles. The first-order valence-electron chi connectivity index (χ1n) is 3.32. The van der Waals surface area contributed by atoms with Crippen LogP contribution < -0.4 is 5.32 Å². The van der Waals surface area contributed by atoms with Crippen molar-refractivity contribution in [1.29, 1.82) is 0 Å². The van der Waals surface area contributed by atoms with Crippen LogP contribution in [0.4, 0.5) is 4.39 Å². The van der Waals surface area contributed by atoms with Gasteiger partial charge in [0.15, 0.2) is 0 Å². The van der Waals surface area contributed by atoms with Crippen LogP contribution in [0.3, 0.4) is 0 Å². The highest BCUT2D eigenvalue weighted by atomic mass is 19.1. The molecule has 58 valence electrons. The molecule has 0 saturated heterocycles. The van der Waals surface area contributed by atoms with Gasteiger partial charge in [0.1, 0.15) is 0 Å². The first kappa shape index (κ1) is 9.37. The van der Waals surface area contributed by atoms with E-state index in [4.69, 9.17) is 0 Å². The Morgan fingerprint density at radius 3 is 2.50 bits per heavy atom. The number of nitrogens with one attached hydrogen (secondary N) is 1. The maximum Gasteiger partial charge on any atom is 0.0971 e. The van der Waals surface area contributed by atoms with Gasteiger partial charge in [-0.1, -0.05) is 11.6 Å². The fraction of sp³-hybridized carbons (Fsp3) is 0.500. The number of rotatable bonds is 3. The summed E-state index contributed by atoms with van der Waals surface area (Å²) in [6.45, 7) is 4.10. The van der Waals surface area contributed by atoms with Gasteiger partial charge in [-0.3, -0.25) is 0 Å². The summed E-state index contributed by atoms with van der Waals surface area (Å²) in [5.41, 5.74) is 0.953. The zero-order valence-corrected chi connectivity index (χ0v) is 6.74. The van der Waals surface area contributed by atoms with Crippen molar-refractivity contribution in [3.8, 4) is 0 Å². The van der Waals surface area contributed by atoms with Crippen LogP contribution in [0.25, 0.3) is 0 Å². The fourth-order valence-corrected chi connectivity index (χ4v) is 0.636. The molecular formula is C8H14FN. The van der Waals surface area contributed by atoms with Crippen molar-refractivity contribution < 1.29 is 4.39 Å². The van der Waals surface area contributed by atoms with Crippen LogP contribution in [-0.2, 0) is 0 Å². The summed E-state index contributed by atoms with van der Waals surface area (Å²) < 4.78 is 12.2. The molecule has 0 bridgehead atoms. The smallest absolute Gasteiger partial charge is 0.0971 e. The van der Waals surface area contributed by atoms with E-state index in [1.807, 2.05) is 20.0 Å². The largest absolute Gasteiger partial charge is 0.316 e. The second kappa shape index (κ2) is 5.18. The highest BCUT2D eigenvalue weighted by Crippen LogP contribution is 2.00. The van der Waals surface area contributed by atoms with Crippen LogP contribution in [-0.4, -0.2) is 13.6 Å². The third-order valence-electron chi connectivity index (χ3n) is 1.05. The van der Waals surface area contributed by atoms with Gasteiger partial charge in [0.05, 0.1) is 5.83 Å². The maximum atomic E-state index is 12.2. The Kier molecular flexibility index (Phi) is 4.85. The number of hydrogen-bond donors (Lipinski definition) is 1. The summed E-state index contributed by atoms with van der Waals surface area (Å²) in [6.07, 6.45) is 3.44. The lowest BCUT2D eigenvalue weighted by molar-refractivity contribution is 0.639. The predicted molar refractivity (Wildman–Crippen MR) is 42.5 cm³/mol. The van der Waals surface area contributed by atoms with E-state index in [9.17, 15) is 4.39 Å². The van der Waals surface area contributed by atoms with Crippen LogP contribution in [0.2, 0.25) is 0 Å². The quantitative estimate of drug-likeness (QED) is 0.596. The van der Waals surface area contributed by atoms with E-state index in [0.717, 1.165) is 12.1 Å². The average molecular weight is 143 g/mol. The van der Waals surface area contributed by atoms with E-state index in [0.29, 0.717) is 0 Å². The first-order valence-corrected chi connectivity index (χ1v) is 3.32. The Bertz CT molecular complexity index is 143. The second-order valence-corrected chi connectivity index (χ2v) is 2.24. The van der Waals surface area contributed by atoms with Crippen LogP contribution >= 0.6 is 0 Å². The Hall–Kier alpha value is -0.630. The molecule has 10 heavy (non-hydrogen) atoms. The summed E-state index contributed by atoms with van der Waals surface area (Å²) in [5.74, 6) is -0.148. The lowest BCUT2D eigenvalue weighted by Gasteiger charge is -1.92. The molecule has 0 unspecified atom stereocenters. The Morgan fingerprint density at radius 2 is 2.10 bits per heavy atom. The third kappa shape index (κ3) is 5.51. The van der Waals surface area contributed by atoms with Crippen molar-refractivity contribution in [2.24, 2.45) is 0 Å². The number of likely N-dealkylation sites (N-methyl/N-ethyl adjacent to an activating group) is 1. The highest BCUT2D eigenvalue weighted by Gasteiger charge is 1.84. The van der Waals surface area contributed by atoms with E-state index < -0.39 is 0 Å². The van der Waals surface area contributed by atoms with Gasteiger partial charge in [-0.25, -0.2) is 4.39 Å². The topological polar surface area (TPSA) is 12.0 Å². The maximum absolute atomic E-state index is 12.2. The zero-order chi connectivity index (χ0) is 7.98. The van der Waals surface area contributed by atoms with Crippen LogP contribution in [0, 0.1) is 0 Å². The summed E-state index contributed by atoms with van der Waals surface area (Å²) in [4.78, 5) is 0. The average Bonchev–Trinajstić information content (AvgIpc) is 1.82. The Balaban J connectivity index is 3.82. The van der Waals surface area contributed by atoms with Crippen LogP contribution in [0.15, 0.2) is 23.6 Å². The van der Waals surface area contributed by atoms with Crippen LogP contribution in [0.1, 0.15) is 13.8 Å². The molecule has 0 amide bonds. The van der Waals surface area contributed by atoms with Crippen molar-refractivity contribution in [3.05, 3.63) is 23.6 Å². The molecule has 0 atom stereocenters. The van der Waals surface area contributed by atoms with E-state index in [2.05, 4.69) is 5.32 Å². The van der Waals surface area contributed by atoms with E-state index >= 15 is 0 Å². The molecule has 0 aromatic carbocycles. The lowest BCUT2D eigenvalue weighted by Crippen LogP contribution is -2.04. The van der Waals surface area contributed by atoms with Crippen molar-refractivity contribution in [2.75, 3.05) is 13.6 Å². The minimum absolute atomic E-state index is 0.148.